The third kappa shape index (κ3) is 4.63. The van der Waals surface area contributed by atoms with Crippen molar-refractivity contribution < 1.29 is 14.6 Å². The van der Waals surface area contributed by atoms with Crippen molar-refractivity contribution in [2.75, 3.05) is 0 Å². The van der Waals surface area contributed by atoms with Gasteiger partial charge in [0.1, 0.15) is 11.5 Å². The fourth-order valence-electron chi connectivity index (χ4n) is 1.83. The van der Waals surface area contributed by atoms with E-state index < -0.39 is 12.0 Å². The molecule has 0 saturated carbocycles. The van der Waals surface area contributed by atoms with Crippen LogP contribution in [0, 0.1) is 0 Å². The number of halogens is 2. The third-order valence-corrected chi connectivity index (χ3v) is 3.34. The Labute approximate surface area is 132 Å². The average Bonchev–Trinajstić information content (AvgIpc) is 2.47. The predicted molar refractivity (Wildman–Crippen MR) is 82.0 cm³/mol. The Bertz CT molecular complexity index is 617. The van der Waals surface area contributed by atoms with Gasteiger partial charge in [0, 0.05) is 5.02 Å². The molecule has 0 aromatic heterocycles. The highest BCUT2D eigenvalue weighted by atomic mass is 35.5. The number of ether oxygens (including phenoxy) is 1. The molecular weight excluding hydrogens is 313 g/mol. The molecule has 2 rings (SSSR count). The molecule has 0 spiro atoms. The van der Waals surface area contributed by atoms with Crippen LogP contribution in [-0.4, -0.2) is 11.1 Å². The van der Waals surface area contributed by atoms with Crippen LogP contribution < -0.4 is 9.57 Å². The first-order valence-corrected chi connectivity index (χ1v) is 6.95. The zero-order valence-electron chi connectivity index (χ0n) is 10.9. The molecule has 2 aromatic carbocycles. The highest BCUT2D eigenvalue weighted by Crippen LogP contribution is 2.27. The van der Waals surface area contributed by atoms with Gasteiger partial charge in [0.15, 0.2) is 0 Å². The molecule has 2 N–H and O–H groups in total. The van der Waals surface area contributed by atoms with Crippen molar-refractivity contribution in [3.05, 3.63) is 59.1 Å². The van der Waals surface area contributed by atoms with Crippen molar-refractivity contribution in [2.45, 2.75) is 12.5 Å². The van der Waals surface area contributed by atoms with Gasteiger partial charge in [-0.3, -0.25) is 4.79 Å². The van der Waals surface area contributed by atoms with E-state index >= 15 is 0 Å². The molecule has 0 aliphatic heterocycles. The van der Waals surface area contributed by atoms with E-state index in [0.717, 1.165) is 5.56 Å². The molecular formula is C15H13Cl2NO3. The predicted octanol–water partition coefficient (Wildman–Crippen LogP) is 4.39. The molecule has 2 aromatic rings. The monoisotopic (exact) mass is 325 g/mol. The normalized spacial score (nSPS) is 11.9. The second-order valence-corrected chi connectivity index (χ2v) is 5.04. The number of benzene rings is 2. The van der Waals surface area contributed by atoms with Crippen LogP contribution in [0.25, 0.3) is 0 Å². The summed E-state index contributed by atoms with van der Waals surface area (Å²) in [6, 6.07) is 13.6. The maximum absolute atomic E-state index is 10.8. The largest absolute Gasteiger partial charge is 0.481 e. The first-order chi connectivity index (χ1) is 10.1. The van der Waals surface area contributed by atoms with Crippen LogP contribution in [0.2, 0.25) is 5.02 Å². The molecule has 21 heavy (non-hydrogen) atoms. The lowest BCUT2D eigenvalue weighted by atomic mass is 10.0. The standard InChI is InChI=1S/C15H13Cl2NO3/c16-11-4-6-12(7-5-11)21-13-3-1-2-10(8-13)14(18-17)9-15(19)20/h1-8,14,18H,9H2,(H,19,20)/t14-/m1/s1. The number of hydrogen-bond acceptors (Lipinski definition) is 3. The molecule has 0 fully saturated rings. The summed E-state index contributed by atoms with van der Waals surface area (Å²) in [6.45, 7) is 0. The van der Waals surface area contributed by atoms with Crippen molar-refractivity contribution in [1.82, 2.24) is 4.84 Å². The van der Waals surface area contributed by atoms with E-state index in [2.05, 4.69) is 4.84 Å². The van der Waals surface area contributed by atoms with Gasteiger partial charge in [0.2, 0.25) is 0 Å². The smallest absolute Gasteiger partial charge is 0.305 e. The first kappa shape index (κ1) is 15.6. The minimum atomic E-state index is -0.933. The van der Waals surface area contributed by atoms with Crippen LogP contribution in [0.3, 0.4) is 0 Å². The maximum atomic E-state index is 10.8. The summed E-state index contributed by atoms with van der Waals surface area (Å²) in [6.07, 6.45) is -0.117. The fraction of sp³-hybridized carbons (Fsp3) is 0.133. The Hall–Kier alpha value is -1.75. The van der Waals surface area contributed by atoms with Crippen LogP contribution in [-0.2, 0) is 4.79 Å². The molecule has 1 atom stereocenters. The lowest BCUT2D eigenvalue weighted by molar-refractivity contribution is -0.137. The number of nitrogens with one attached hydrogen (secondary N) is 1. The van der Waals surface area contributed by atoms with Crippen molar-refractivity contribution >= 4 is 29.3 Å². The highest BCUT2D eigenvalue weighted by Gasteiger charge is 2.15. The highest BCUT2D eigenvalue weighted by molar-refractivity contribution is 6.30. The number of rotatable bonds is 6. The van der Waals surface area contributed by atoms with Gasteiger partial charge in [-0.05, 0) is 53.7 Å². The first-order valence-electron chi connectivity index (χ1n) is 6.20. The zero-order valence-corrected chi connectivity index (χ0v) is 12.4. The molecule has 0 aliphatic rings. The van der Waals surface area contributed by atoms with Gasteiger partial charge in [-0.15, -0.1) is 0 Å². The van der Waals surface area contributed by atoms with Crippen molar-refractivity contribution in [1.29, 1.82) is 0 Å². The van der Waals surface area contributed by atoms with Gasteiger partial charge in [-0.2, -0.15) is 0 Å². The molecule has 0 saturated heterocycles. The van der Waals surface area contributed by atoms with Gasteiger partial charge in [0.05, 0.1) is 12.5 Å². The molecule has 0 aliphatic carbocycles. The summed E-state index contributed by atoms with van der Waals surface area (Å²) in [7, 11) is 0. The van der Waals surface area contributed by atoms with E-state index in [4.69, 9.17) is 33.2 Å². The van der Waals surface area contributed by atoms with E-state index in [0.29, 0.717) is 16.5 Å². The summed E-state index contributed by atoms with van der Waals surface area (Å²) in [5.74, 6) is 0.305. The van der Waals surface area contributed by atoms with Gasteiger partial charge in [-0.1, -0.05) is 23.7 Å². The van der Waals surface area contributed by atoms with E-state index in [9.17, 15) is 4.79 Å². The lowest BCUT2D eigenvalue weighted by Crippen LogP contribution is -2.15. The Kier molecular flexibility index (Phi) is 5.44. The van der Waals surface area contributed by atoms with Crippen LogP contribution >= 0.6 is 23.4 Å². The summed E-state index contributed by atoms with van der Waals surface area (Å²) in [4.78, 5) is 13.3. The van der Waals surface area contributed by atoms with Gasteiger partial charge >= 0.3 is 5.97 Å². The quantitative estimate of drug-likeness (QED) is 0.773. The Balaban J connectivity index is 2.16. The SMILES string of the molecule is O=C(O)C[C@@H](NCl)c1cccc(Oc2ccc(Cl)cc2)c1. The number of carboxylic acid groups (broad SMARTS) is 1. The lowest BCUT2D eigenvalue weighted by Gasteiger charge is -2.14. The minimum absolute atomic E-state index is 0.117. The van der Waals surface area contributed by atoms with E-state index in [1.165, 1.54) is 0 Å². The Morgan fingerprint density at radius 1 is 1.19 bits per heavy atom. The van der Waals surface area contributed by atoms with Crippen LogP contribution in [0.15, 0.2) is 48.5 Å². The topological polar surface area (TPSA) is 58.6 Å². The summed E-state index contributed by atoms with van der Waals surface area (Å²) in [5, 5.41) is 9.49. The molecule has 0 radical (unpaired) electrons. The van der Waals surface area contributed by atoms with Gasteiger partial charge in [0.25, 0.3) is 0 Å². The number of carbonyl (C=O) groups is 1. The molecule has 6 heteroatoms. The Morgan fingerprint density at radius 3 is 2.52 bits per heavy atom. The Morgan fingerprint density at radius 2 is 1.90 bits per heavy atom. The summed E-state index contributed by atoms with van der Waals surface area (Å²) < 4.78 is 5.70. The number of aliphatic carboxylic acids is 1. The minimum Gasteiger partial charge on any atom is -0.481 e. The zero-order chi connectivity index (χ0) is 15.2. The maximum Gasteiger partial charge on any atom is 0.305 e. The second-order valence-electron chi connectivity index (χ2n) is 4.39. The molecule has 0 heterocycles. The molecule has 110 valence electrons. The van der Waals surface area contributed by atoms with Gasteiger partial charge < -0.3 is 9.84 Å². The van der Waals surface area contributed by atoms with E-state index in [-0.39, 0.29) is 6.42 Å². The fourth-order valence-corrected chi connectivity index (χ4v) is 2.16. The third-order valence-electron chi connectivity index (χ3n) is 2.82. The summed E-state index contributed by atoms with van der Waals surface area (Å²) >= 11 is 11.4. The molecule has 0 bridgehead atoms. The molecule has 4 nitrogen and oxygen atoms in total. The number of hydrogen-bond donors (Lipinski definition) is 2. The van der Waals surface area contributed by atoms with Crippen LogP contribution in [0.4, 0.5) is 0 Å². The van der Waals surface area contributed by atoms with Gasteiger partial charge in [-0.25, -0.2) is 4.84 Å². The van der Waals surface area contributed by atoms with Crippen LogP contribution in [0.5, 0.6) is 11.5 Å². The average molecular weight is 326 g/mol. The molecule has 0 amide bonds. The second kappa shape index (κ2) is 7.31. The number of carboxylic acids is 1. The summed E-state index contributed by atoms with van der Waals surface area (Å²) in [5.41, 5.74) is 0.735. The molecule has 0 unspecified atom stereocenters. The van der Waals surface area contributed by atoms with Crippen LogP contribution in [0.1, 0.15) is 18.0 Å². The van der Waals surface area contributed by atoms with Crippen molar-refractivity contribution in [3.63, 3.8) is 0 Å². The van der Waals surface area contributed by atoms with E-state index in [1.807, 2.05) is 0 Å². The van der Waals surface area contributed by atoms with E-state index in [1.54, 1.807) is 48.5 Å². The van der Waals surface area contributed by atoms with Crippen molar-refractivity contribution in [3.8, 4) is 11.5 Å². The van der Waals surface area contributed by atoms with Crippen molar-refractivity contribution in [2.24, 2.45) is 0 Å².